The summed E-state index contributed by atoms with van der Waals surface area (Å²) in [5, 5.41) is 0. The van der Waals surface area contributed by atoms with E-state index in [2.05, 4.69) is 26.0 Å². The summed E-state index contributed by atoms with van der Waals surface area (Å²) in [5.41, 5.74) is 1.22. The van der Waals surface area contributed by atoms with E-state index in [1.54, 1.807) is 0 Å². The first-order valence-electron chi connectivity index (χ1n) is 3.70. The van der Waals surface area contributed by atoms with Gasteiger partial charge >= 0.3 is 0 Å². The Hall–Kier alpha value is -0.490. The molecule has 0 unspecified atom stereocenters. The smallest absolute Gasteiger partial charge is 0.0315 e. The van der Waals surface area contributed by atoms with E-state index in [9.17, 15) is 0 Å². The van der Waals surface area contributed by atoms with Gasteiger partial charge in [0.1, 0.15) is 0 Å². The van der Waals surface area contributed by atoms with Gasteiger partial charge in [-0.3, -0.25) is 0 Å². The summed E-state index contributed by atoms with van der Waals surface area (Å²) in [5.74, 6) is 0.632. The number of alkyl halides is 1. The van der Waals surface area contributed by atoms with Gasteiger partial charge in [0, 0.05) is 11.3 Å². The maximum atomic E-state index is 5.81. The SMILES string of the molecule is CC(C)(CCl)c1[c]cccc1. The van der Waals surface area contributed by atoms with Crippen molar-refractivity contribution in [1.29, 1.82) is 0 Å². The first kappa shape index (κ1) is 8.61. The van der Waals surface area contributed by atoms with Crippen LogP contribution in [0.4, 0.5) is 0 Å². The highest BCUT2D eigenvalue weighted by Gasteiger charge is 2.18. The van der Waals surface area contributed by atoms with Crippen LogP contribution < -0.4 is 0 Å². The van der Waals surface area contributed by atoms with E-state index in [1.807, 2.05) is 18.2 Å². The fourth-order valence-electron chi connectivity index (χ4n) is 0.886. The summed E-state index contributed by atoms with van der Waals surface area (Å²) < 4.78 is 0. The third kappa shape index (κ3) is 1.97. The molecule has 0 aliphatic rings. The molecule has 0 spiro atoms. The molecule has 0 aliphatic carbocycles. The summed E-state index contributed by atoms with van der Waals surface area (Å²) in [4.78, 5) is 0. The molecule has 0 atom stereocenters. The zero-order valence-corrected chi connectivity index (χ0v) is 7.65. The minimum absolute atomic E-state index is 0.0445. The quantitative estimate of drug-likeness (QED) is 0.595. The standard InChI is InChI=1S/C10H12Cl/c1-10(2,8-11)9-6-4-3-5-7-9/h3-6H,8H2,1-2H3. The molecule has 0 aliphatic heterocycles. The maximum absolute atomic E-state index is 5.81. The fourth-order valence-corrected chi connectivity index (χ4v) is 1.03. The van der Waals surface area contributed by atoms with Gasteiger partial charge in [-0.05, 0) is 11.6 Å². The van der Waals surface area contributed by atoms with E-state index in [-0.39, 0.29) is 5.41 Å². The second kappa shape index (κ2) is 3.27. The lowest BCUT2D eigenvalue weighted by Crippen LogP contribution is -2.18. The Kier molecular flexibility index (Phi) is 2.56. The van der Waals surface area contributed by atoms with Crippen LogP contribution in [0.1, 0.15) is 19.4 Å². The third-order valence-corrected chi connectivity index (χ3v) is 2.44. The first-order chi connectivity index (χ1) is 5.17. The summed E-state index contributed by atoms with van der Waals surface area (Å²) in [6.07, 6.45) is 0. The van der Waals surface area contributed by atoms with E-state index in [0.717, 1.165) is 0 Å². The van der Waals surface area contributed by atoms with E-state index >= 15 is 0 Å². The lowest BCUT2D eigenvalue weighted by atomic mass is 9.87. The zero-order chi connectivity index (χ0) is 8.32. The van der Waals surface area contributed by atoms with Gasteiger partial charge in [-0.1, -0.05) is 38.1 Å². The predicted octanol–water partition coefficient (Wildman–Crippen LogP) is 3.00. The van der Waals surface area contributed by atoms with Crippen LogP contribution in [0.2, 0.25) is 0 Å². The van der Waals surface area contributed by atoms with Crippen LogP contribution in [0.3, 0.4) is 0 Å². The number of hydrogen-bond acceptors (Lipinski definition) is 0. The fraction of sp³-hybridized carbons (Fsp3) is 0.400. The van der Waals surface area contributed by atoms with Gasteiger partial charge in [0.15, 0.2) is 0 Å². The topological polar surface area (TPSA) is 0 Å². The van der Waals surface area contributed by atoms with Crippen molar-refractivity contribution in [2.24, 2.45) is 0 Å². The average molecular weight is 168 g/mol. The van der Waals surface area contributed by atoms with Crippen LogP contribution in [0.5, 0.6) is 0 Å². The Morgan fingerprint density at radius 1 is 1.45 bits per heavy atom. The van der Waals surface area contributed by atoms with Gasteiger partial charge in [-0.2, -0.15) is 0 Å². The summed E-state index contributed by atoms with van der Waals surface area (Å²) in [7, 11) is 0. The van der Waals surface area contributed by atoms with Crippen molar-refractivity contribution in [1.82, 2.24) is 0 Å². The van der Waals surface area contributed by atoms with Gasteiger partial charge in [-0.25, -0.2) is 0 Å². The van der Waals surface area contributed by atoms with E-state index in [1.165, 1.54) is 5.56 Å². The molecule has 59 valence electrons. The minimum Gasteiger partial charge on any atom is -0.126 e. The maximum Gasteiger partial charge on any atom is 0.0315 e. The molecule has 0 N–H and O–H groups in total. The van der Waals surface area contributed by atoms with Crippen molar-refractivity contribution in [2.45, 2.75) is 19.3 Å². The molecule has 0 heterocycles. The van der Waals surface area contributed by atoms with Crippen LogP contribution in [-0.2, 0) is 5.41 Å². The minimum atomic E-state index is 0.0445. The summed E-state index contributed by atoms with van der Waals surface area (Å²) in [6.45, 7) is 4.23. The number of rotatable bonds is 2. The van der Waals surface area contributed by atoms with Gasteiger partial charge < -0.3 is 0 Å². The molecule has 0 bridgehead atoms. The number of benzene rings is 1. The lowest BCUT2D eigenvalue weighted by molar-refractivity contribution is 0.597. The second-order valence-corrected chi connectivity index (χ2v) is 3.56. The number of halogens is 1. The molecule has 1 heteroatoms. The van der Waals surface area contributed by atoms with Crippen molar-refractivity contribution in [3.8, 4) is 0 Å². The molecule has 0 saturated heterocycles. The van der Waals surface area contributed by atoms with Crippen LogP contribution in [0.25, 0.3) is 0 Å². The van der Waals surface area contributed by atoms with Crippen molar-refractivity contribution < 1.29 is 0 Å². The Balaban J connectivity index is 2.93. The Bertz CT molecular complexity index is 214. The summed E-state index contributed by atoms with van der Waals surface area (Å²) in [6, 6.07) is 11.1. The molecule has 1 aromatic carbocycles. The average Bonchev–Trinajstić information content (AvgIpc) is 2.06. The Morgan fingerprint density at radius 3 is 2.64 bits per heavy atom. The molecule has 0 amide bonds. The van der Waals surface area contributed by atoms with Crippen molar-refractivity contribution in [3.05, 3.63) is 35.9 Å². The molecule has 1 rings (SSSR count). The van der Waals surface area contributed by atoms with Crippen molar-refractivity contribution >= 4 is 11.6 Å². The van der Waals surface area contributed by atoms with E-state index in [0.29, 0.717) is 5.88 Å². The highest BCUT2D eigenvalue weighted by molar-refractivity contribution is 6.18. The second-order valence-electron chi connectivity index (χ2n) is 3.29. The van der Waals surface area contributed by atoms with Gasteiger partial charge in [-0.15, -0.1) is 11.6 Å². The monoisotopic (exact) mass is 167 g/mol. The molecule has 0 nitrogen and oxygen atoms in total. The van der Waals surface area contributed by atoms with Crippen LogP contribution in [-0.4, -0.2) is 5.88 Å². The van der Waals surface area contributed by atoms with E-state index < -0.39 is 0 Å². The first-order valence-corrected chi connectivity index (χ1v) is 4.23. The van der Waals surface area contributed by atoms with Gasteiger partial charge in [0.25, 0.3) is 0 Å². The van der Waals surface area contributed by atoms with Gasteiger partial charge in [0.2, 0.25) is 0 Å². The van der Waals surface area contributed by atoms with Gasteiger partial charge in [0.05, 0.1) is 0 Å². The molecule has 0 saturated carbocycles. The molecule has 0 aromatic heterocycles. The van der Waals surface area contributed by atoms with Crippen molar-refractivity contribution in [3.63, 3.8) is 0 Å². The van der Waals surface area contributed by atoms with Crippen LogP contribution in [0.15, 0.2) is 24.3 Å². The molecule has 0 fully saturated rings. The van der Waals surface area contributed by atoms with E-state index in [4.69, 9.17) is 11.6 Å². The normalized spacial score (nSPS) is 11.5. The molecular formula is C10H12Cl. The predicted molar refractivity (Wildman–Crippen MR) is 49.0 cm³/mol. The number of hydrogen-bond donors (Lipinski definition) is 0. The van der Waals surface area contributed by atoms with Crippen molar-refractivity contribution in [2.75, 3.05) is 5.88 Å². The molecule has 11 heavy (non-hydrogen) atoms. The molecule has 1 radical (unpaired) electrons. The lowest BCUT2D eigenvalue weighted by Gasteiger charge is -2.21. The molecule has 1 aromatic rings. The Morgan fingerprint density at radius 2 is 2.18 bits per heavy atom. The highest BCUT2D eigenvalue weighted by Crippen LogP contribution is 2.23. The third-order valence-electron chi connectivity index (χ3n) is 1.77. The Labute approximate surface area is 73.2 Å². The highest BCUT2D eigenvalue weighted by atomic mass is 35.5. The van der Waals surface area contributed by atoms with Crippen LogP contribution in [0, 0.1) is 6.07 Å². The zero-order valence-electron chi connectivity index (χ0n) is 6.89. The summed E-state index contributed by atoms with van der Waals surface area (Å²) >= 11 is 5.81. The molecular weight excluding hydrogens is 156 g/mol. The largest absolute Gasteiger partial charge is 0.126 e. The van der Waals surface area contributed by atoms with Crippen LogP contribution >= 0.6 is 11.6 Å².